The SMILES string of the molecule is CSCOc1cc(CCCCCC[C@H](C(=O)O)C(C)C)ccc1C(C)(C)C. The zero-order chi connectivity index (χ0) is 20.4. The smallest absolute Gasteiger partial charge is 0.306 e. The molecule has 1 rings (SSSR count). The molecule has 3 nitrogen and oxygen atoms in total. The van der Waals surface area contributed by atoms with Crippen molar-refractivity contribution in [3.05, 3.63) is 29.3 Å². The number of aliphatic carboxylic acids is 1. The molecule has 27 heavy (non-hydrogen) atoms. The fourth-order valence-electron chi connectivity index (χ4n) is 3.37. The average molecular weight is 395 g/mol. The van der Waals surface area contributed by atoms with Gasteiger partial charge in [0.05, 0.1) is 5.92 Å². The van der Waals surface area contributed by atoms with Crippen LogP contribution >= 0.6 is 11.8 Å². The number of carbonyl (C=O) groups is 1. The lowest BCUT2D eigenvalue weighted by Gasteiger charge is -2.23. The Kier molecular flexibility index (Phi) is 10.3. The Hall–Kier alpha value is -1.16. The van der Waals surface area contributed by atoms with E-state index in [4.69, 9.17) is 4.74 Å². The highest BCUT2D eigenvalue weighted by molar-refractivity contribution is 7.98. The summed E-state index contributed by atoms with van der Waals surface area (Å²) in [5.74, 6) is 1.04. The minimum absolute atomic E-state index is 0.0728. The fraction of sp³-hybridized carbons (Fsp3) is 0.696. The Balaban J connectivity index is 2.49. The van der Waals surface area contributed by atoms with Crippen LogP contribution in [0.25, 0.3) is 0 Å². The number of rotatable bonds is 12. The molecule has 0 aliphatic carbocycles. The van der Waals surface area contributed by atoms with Gasteiger partial charge in [-0.25, -0.2) is 0 Å². The lowest BCUT2D eigenvalue weighted by atomic mass is 9.85. The van der Waals surface area contributed by atoms with Crippen molar-refractivity contribution in [2.24, 2.45) is 11.8 Å². The number of carboxylic acid groups (broad SMARTS) is 1. The maximum Gasteiger partial charge on any atom is 0.306 e. The van der Waals surface area contributed by atoms with E-state index >= 15 is 0 Å². The fourth-order valence-corrected chi connectivity index (χ4v) is 3.62. The number of hydrogen-bond acceptors (Lipinski definition) is 3. The van der Waals surface area contributed by atoms with E-state index < -0.39 is 5.97 Å². The largest absolute Gasteiger partial charge is 0.483 e. The summed E-state index contributed by atoms with van der Waals surface area (Å²) >= 11 is 1.69. The second kappa shape index (κ2) is 11.6. The summed E-state index contributed by atoms with van der Waals surface area (Å²) in [5.41, 5.74) is 2.65. The zero-order valence-corrected chi connectivity index (χ0v) is 18.8. The van der Waals surface area contributed by atoms with E-state index in [1.807, 2.05) is 13.8 Å². The first-order valence-corrected chi connectivity index (χ1v) is 11.5. The van der Waals surface area contributed by atoms with Gasteiger partial charge in [-0.05, 0) is 54.0 Å². The molecule has 1 aromatic rings. The Morgan fingerprint density at radius 2 is 1.81 bits per heavy atom. The molecule has 0 heterocycles. The van der Waals surface area contributed by atoms with Crippen molar-refractivity contribution in [2.45, 2.75) is 78.6 Å². The van der Waals surface area contributed by atoms with Crippen molar-refractivity contribution < 1.29 is 14.6 Å². The molecule has 4 heteroatoms. The summed E-state index contributed by atoms with van der Waals surface area (Å²) in [6.07, 6.45) is 8.27. The van der Waals surface area contributed by atoms with Crippen LogP contribution in [0.15, 0.2) is 18.2 Å². The highest BCUT2D eigenvalue weighted by Crippen LogP contribution is 2.33. The molecule has 0 aliphatic heterocycles. The number of hydrogen-bond donors (Lipinski definition) is 1. The van der Waals surface area contributed by atoms with Gasteiger partial charge in [0.25, 0.3) is 0 Å². The van der Waals surface area contributed by atoms with Crippen LogP contribution in [0.5, 0.6) is 5.75 Å². The molecule has 0 aliphatic rings. The molecule has 0 amide bonds. The lowest BCUT2D eigenvalue weighted by Crippen LogP contribution is -2.19. The van der Waals surface area contributed by atoms with E-state index in [0.717, 1.165) is 44.3 Å². The average Bonchev–Trinajstić information content (AvgIpc) is 2.57. The van der Waals surface area contributed by atoms with Gasteiger partial charge in [-0.2, -0.15) is 0 Å². The van der Waals surface area contributed by atoms with Crippen molar-refractivity contribution in [2.75, 3.05) is 12.2 Å². The molecule has 0 aromatic heterocycles. The molecule has 1 atom stereocenters. The van der Waals surface area contributed by atoms with Gasteiger partial charge in [-0.3, -0.25) is 4.79 Å². The van der Waals surface area contributed by atoms with Crippen molar-refractivity contribution in [1.29, 1.82) is 0 Å². The second-order valence-corrected chi connectivity index (χ2v) is 9.59. The highest BCUT2D eigenvalue weighted by Gasteiger charge is 2.21. The molecule has 0 spiro atoms. The van der Waals surface area contributed by atoms with Crippen molar-refractivity contribution >= 4 is 17.7 Å². The van der Waals surface area contributed by atoms with Gasteiger partial charge in [-0.1, -0.05) is 66.0 Å². The number of ether oxygens (including phenoxy) is 1. The molecule has 1 N–H and O–H groups in total. The Morgan fingerprint density at radius 3 is 2.37 bits per heavy atom. The maximum atomic E-state index is 11.2. The van der Waals surface area contributed by atoms with Crippen LogP contribution in [-0.2, 0) is 16.6 Å². The van der Waals surface area contributed by atoms with Crippen molar-refractivity contribution in [3.8, 4) is 5.75 Å². The Morgan fingerprint density at radius 1 is 1.15 bits per heavy atom. The van der Waals surface area contributed by atoms with Crippen LogP contribution in [0.3, 0.4) is 0 Å². The van der Waals surface area contributed by atoms with Crippen LogP contribution in [0, 0.1) is 11.8 Å². The maximum absolute atomic E-state index is 11.2. The van der Waals surface area contributed by atoms with E-state index in [9.17, 15) is 9.90 Å². The summed E-state index contributed by atoms with van der Waals surface area (Å²) in [5, 5.41) is 9.25. The number of unbranched alkanes of at least 4 members (excludes halogenated alkanes) is 3. The molecule has 0 fully saturated rings. The monoisotopic (exact) mass is 394 g/mol. The third kappa shape index (κ3) is 8.59. The van der Waals surface area contributed by atoms with Gasteiger partial charge >= 0.3 is 5.97 Å². The minimum Gasteiger partial charge on any atom is -0.483 e. The molecule has 0 bridgehead atoms. The molecule has 0 radical (unpaired) electrons. The predicted molar refractivity (Wildman–Crippen MR) is 117 cm³/mol. The first kappa shape index (κ1) is 23.9. The first-order chi connectivity index (χ1) is 12.7. The normalized spacial score (nSPS) is 13.0. The van der Waals surface area contributed by atoms with Gasteiger partial charge in [0.15, 0.2) is 0 Å². The topological polar surface area (TPSA) is 46.5 Å². The van der Waals surface area contributed by atoms with Crippen LogP contribution in [0.2, 0.25) is 0 Å². The van der Waals surface area contributed by atoms with Crippen LogP contribution in [0.4, 0.5) is 0 Å². The third-order valence-corrected chi connectivity index (χ3v) is 5.39. The lowest BCUT2D eigenvalue weighted by molar-refractivity contribution is -0.143. The van der Waals surface area contributed by atoms with Crippen LogP contribution in [0.1, 0.15) is 77.8 Å². The van der Waals surface area contributed by atoms with Crippen molar-refractivity contribution in [1.82, 2.24) is 0 Å². The minimum atomic E-state index is -0.651. The molecular weight excluding hydrogens is 356 g/mol. The van der Waals surface area contributed by atoms with E-state index in [-0.39, 0.29) is 17.3 Å². The summed E-state index contributed by atoms with van der Waals surface area (Å²) in [7, 11) is 0. The van der Waals surface area contributed by atoms with E-state index in [0.29, 0.717) is 5.94 Å². The number of aryl methyl sites for hydroxylation is 1. The predicted octanol–water partition coefficient (Wildman–Crippen LogP) is 6.53. The van der Waals surface area contributed by atoms with E-state index in [1.54, 1.807) is 11.8 Å². The third-order valence-electron chi connectivity index (χ3n) is 5.04. The van der Waals surface area contributed by atoms with Gasteiger partial charge in [-0.15, -0.1) is 11.8 Å². The van der Waals surface area contributed by atoms with Gasteiger partial charge in [0.2, 0.25) is 0 Å². The van der Waals surface area contributed by atoms with Gasteiger partial charge < -0.3 is 9.84 Å². The molecule has 1 aromatic carbocycles. The van der Waals surface area contributed by atoms with Crippen LogP contribution < -0.4 is 4.74 Å². The number of thioether (sulfide) groups is 1. The summed E-state index contributed by atoms with van der Waals surface area (Å²) in [4.78, 5) is 11.2. The molecule has 0 saturated heterocycles. The van der Waals surface area contributed by atoms with E-state index in [2.05, 4.69) is 45.2 Å². The number of carboxylic acids is 1. The highest BCUT2D eigenvalue weighted by atomic mass is 32.2. The summed E-state index contributed by atoms with van der Waals surface area (Å²) in [6, 6.07) is 6.65. The molecular formula is C23H38O3S. The second-order valence-electron chi connectivity index (χ2n) is 8.77. The Bertz CT molecular complexity index is 575. The standard InChI is InChI=1S/C23H38O3S/c1-17(2)19(22(24)25)12-10-8-7-9-11-18-13-14-20(23(3,4)5)21(15-18)26-16-27-6/h13-15,17,19H,7-12,16H2,1-6H3,(H,24,25)/t19-/m0/s1. The summed E-state index contributed by atoms with van der Waals surface area (Å²) in [6.45, 7) is 10.6. The van der Waals surface area contributed by atoms with Crippen molar-refractivity contribution in [3.63, 3.8) is 0 Å². The van der Waals surface area contributed by atoms with Gasteiger partial charge in [0.1, 0.15) is 11.7 Å². The molecule has 154 valence electrons. The summed E-state index contributed by atoms with van der Waals surface area (Å²) < 4.78 is 5.98. The Labute approximate surface area is 170 Å². The molecule has 0 unspecified atom stereocenters. The zero-order valence-electron chi connectivity index (χ0n) is 18.0. The van der Waals surface area contributed by atoms with E-state index in [1.165, 1.54) is 11.1 Å². The van der Waals surface area contributed by atoms with Crippen LogP contribution in [-0.4, -0.2) is 23.3 Å². The number of benzene rings is 1. The molecule has 0 saturated carbocycles. The quantitative estimate of drug-likeness (QED) is 0.323. The first-order valence-electron chi connectivity index (χ1n) is 10.1. The van der Waals surface area contributed by atoms with Gasteiger partial charge in [0, 0.05) is 0 Å².